The van der Waals surface area contributed by atoms with E-state index in [-0.39, 0.29) is 5.91 Å². The molecule has 1 saturated heterocycles. The number of pyridine rings is 2. The van der Waals surface area contributed by atoms with Crippen LogP contribution in [0.5, 0.6) is 0 Å². The van der Waals surface area contributed by atoms with Crippen LogP contribution in [0.15, 0.2) is 59.3 Å². The number of oxazole rings is 1. The number of carbonyl (C=O) groups is 1. The lowest BCUT2D eigenvalue weighted by Crippen LogP contribution is -2.40. The minimum atomic E-state index is 0.0138. The average molecular weight is 401 g/mol. The predicted molar refractivity (Wildman–Crippen MR) is 112 cm³/mol. The zero-order valence-corrected chi connectivity index (χ0v) is 16.1. The number of benzene rings is 1. The molecule has 8 nitrogen and oxygen atoms in total. The number of fused-ring (bicyclic) bond motifs is 1. The van der Waals surface area contributed by atoms with Gasteiger partial charge in [-0.3, -0.25) is 4.79 Å². The van der Waals surface area contributed by atoms with Gasteiger partial charge in [0.25, 0.3) is 5.91 Å². The number of nitrogens with two attached hydrogens (primary N) is 1. The minimum absolute atomic E-state index is 0.0138. The van der Waals surface area contributed by atoms with Crippen molar-refractivity contribution < 1.29 is 13.9 Å². The molecule has 0 saturated carbocycles. The summed E-state index contributed by atoms with van der Waals surface area (Å²) in [7, 11) is 0. The largest absolute Gasteiger partial charge is 0.434 e. The molecule has 2 N–H and O–H groups in total. The fraction of sp³-hybridized carbons (Fsp3) is 0.182. The standard InChI is InChI=1S/C22H19N5O3/c23-19-17(21-26-20-18(30-21)2-1-7-24-20)12-16(13-25-19)14-3-5-15(6-4-14)22(28)27-8-10-29-11-9-27/h1-7,12-13H,8-11H2,(H2,23,25). The molecule has 0 atom stereocenters. The molecule has 0 aliphatic carbocycles. The number of nitrogen functional groups attached to an aromatic ring is 1. The average Bonchev–Trinajstić information content (AvgIpc) is 3.24. The topological polar surface area (TPSA) is 107 Å². The summed E-state index contributed by atoms with van der Waals surface area (Å²) in [5.41, 5.74) is 10.2. The summed E-state index contributed by atoms with van der Waals surface area (Å²) in [4.78, 5) is 27.3. The van der Waals surface area contributed by atoms with Gasteiger partial charge in [-0.2, -0.15) is 4.98 Å². The highest BCUT2D eigenvalue weighted by molar-refractivity contribution is 5.95. The van der Waals surface area contributed by atoms with Crippen molar-refractivity contribution in [3.8, 4) is 22.6 Å². The van der Waals surface area contributed by atoms with Gasteiger partial charge in [0.05, 0.1) is 18.8 Å². The number of ether oxygens (including phenoxy) is 1. The maximum absolute atomic E-state index is 12.6. The zero-order valence-electron chi connectivity index (χ0n) is 16.1. The van der Waals surface area contributed by atoms with Crippen LogP contribution in [-0.4, -0.2) is 52.1 Å². The summed E-state index contributed by atoms with van der Waals surface area (Å²) in [6.45, 7) is 2.39. The highest BCUT2D eigenvalue weighted by atomic mass is 16.5. The van der Waals surface area contributed by atoms with Crippen molar-refractivity contribution in [1.29, 1.82) is 0 Å². The number of nitrogens with zero attached hydrogens (tertiary/aromatic N) is 4. The number of aromatic nitrogens is 3. The number of hydrogen-bond donors (Lipinski definition) is 1. The second-order valence-electron chi connectivity index (χ2n) is 6.98. The van der Waals surface area contributed by atoms with Crippen molar-refractivity contribution in [2.75, 3.05) is 32.0 Å². The van der Waals surface area contributed by atoms with Crippen molar-refractivity contribution in [1.82, 2.24) is 19.9 Å². The summed E-state index contributed by atoms with van der Waals surface area (Å²) >= 11 is 0. The maximum Gasteiger partial charge on any atom is 0.254 e. The summed E-state index contributed by atoms with van der Waals surface area (Å²) in [6, 6.07) is 12.9. The van der Waals surface area contributed by atoms with Gasteiger partial charge in [0.2, 0.25) is 5.89 Å². The summed E-state index contributed by atoms with van der Waals surface area (Å²) in [6.07, 6.45) is 3.35. The minimum Gasteiger partial charge on any atom is -0.434 e. The molecular formula is C22H19N5O3. The normalized spacial score (nSPS) is 14.2. The van der Waals surface area contributed by atoms with Gasteiger partial charge in [-0.1, -0.05) is 12.1 Å². The zero-order chi connectivity index (χ0) is 20.5. The molecule has 150 valence electrons. The molecule has 0 radical (unpaired) electrons. The van der Waals surface area contributed by atoms with Crippen LogP contribution >= 0.6 is 0 Å². The van der Waals surface area contributed by atoms with Crippen LogP contribution in [0.4, 0.5) is 5.82 Å². The van der Waals surface area contributed by atoms with Gasteiger partial charge in [-0.05, 0) is 35.9 Å². The summed E-state index contributed by atoms with van der Waals surface area (Å²) in [5.74, 6) is 0.707. The number of rotatable bonds is 3. The lowest BCUT2D eigenvalue weighted by atomic mass is 10.0. The summed E-state index contributed by atoms with van der Waals surface area (Å²) in [5, 5.41) is 0. The highest BCUT2D eigenvalue weighted by Crippen LogP contribution is 2.31. The lowest BCUT2D eigenvalue weighted by molar-refractivity contribution is 0.0303. The van der Waals surface area contributed by atoms with E-state index in [1.165, 1.54) is 0 Å². The smallest absolute Gasteiger partial charge is 0.254 e. The number of amides is 1. The van der Waals surface area contributed by atoms with Crippen molar-refractivity contribution >= 4 is 23.0 Å². The molecule has 4 aromatic rings. The Morgan fingerprint density at radius 1 is 1.03 bits per heavy atom. The van der Waals surface area contributed by atoms with Crippen LogP contribution in [0.25, 0.3) is 33.8 Å². The highest BCUT2D eigenvalue weighted by Gasteiger charge is 2.19. The van der Waals surface area contributed by atoms with Gasteiger partial charge >= 0.3 is 0 Å². The summed E-state index contributed by atoms with van der Waals surface area (Å²) < 4.78 is 11.1. The maximum atomic E-state index is 12.6. The molecule has 8 heteroatoms. The van der Waals surface area contributed by atoms with Crippen LogP contribution in [0, 0.1) is 0 Å². The molecule has 0 bridgehead atoms. The van der Waals surface area contributed by atoms with Gasteiger partial charge in [0.15, 0.2) is 11.2 Å². The van der Waals surface area contributed by atoms with Gasteiger partial charge in [0, 0.05) is 36.6 Å². The monoisotopic (exact) mass is 401 g/mol. The van der Waals surface area contributed by atoms with E-state index in [0.717, 1.165) is 11.1 Å². The van der Waals surface area contributed by atoms with Crippen LogP contribution in [-0.2, 0) is 4.74 Å². The first-order valence-corrected chi connectivity index (χ1v) is 9.64. The van der Waals surface area contributed by atoms with E-state index in [2.05, 4.69) is 15.0 Å². The third-order valence-electron chi connectivity index (χ3n) is 5.08. The molecule has 0 unspecified atom stereocenters. The molecule has 1 aromatic carbocycles. The lowest BCUT2D eigenvalue weighted by Gasteiger charge is -2.26. The van der Waals surface area contributed by atoms with Crippen LogP contribution < -0.4 is 5.73 Å². The Bertz CT molecular complexity index is 1180. The molecular weight excluding hydrogens is 382 g/mol. The molecule has 1 fully saturated rings. The van der Waals surface area contributed by atoms with Crippen molar-refractivity contribution in [2.24, 2.45) is 0 Å². The van der Waals surface area contributed by atoms with Gasteiger partial charge < -0.3 is 19.8 Å². The van der Waals surface area contributed by atoms with E-state index >= 15 is 0 Å². The van der Waals surface area contributed by atoms with E-state index in [1.54, 1.807) is 24.5 Å². The predicted octanol–water partition coefficient (Wildman–Crippen LogP) is 3.01. The van der Waals surface area contributed by atoms with Crippen molar-refractivity contribution in [3.63, 3.8) is 0 Å². The van der Waals surface area contributed by atoms with Crippen LogP contribution in [0.1, 0.15) is 10.4 Å². The number of anilines is 1. The second-order valence-corrected chi connectivity index (χ2v) is 6.98. The molecule has 4 heterocycles. The third kappa shape index (κ3) is 3.37. The Morgan fingerprint density at radius 2 is 1.83 bits per heavy atom. The number of carbonyl (C=O) groups excluding carboxylic acids is 1. The molecule has 5 rings (SSSR count). The van der Waals surface area contributed by atoms with E-state index in [9.17, 15) is 4.79 Å². The van der Waals surface area contributed by atoms with E-state index in [1.807, 2.05) is 35.2 Å². The SMILES string of the molecule is Nc1ncc(-c2ccc(C(=O)N3CCOCC3)cc2)cc1-c1nc2ncccc2o1. The molecule has 0 spiro atoms. The quantitative estimate of drug-likeness (QED) is 0.562. The molecule has 1 aliphatic rings. The van der Waals surface area contributed by atoms with E-state index < -0.39 is 0 Å². The van der Waals surface area contributed by atoms with Gasteiger partial charge in [-0.25, -0.2) is 9.97 Å². The second kappa shape index (κ2) is 7.57. The van der Waals surface area contributed by atoms with Gasteiger partial charge in [-0.15, -0.1) is 0 Å². The Balaban J connectivity index is 1.44. The Labute approximate surface area is 172 Å². The fourth-order valence-corrected chi connectivity index (χ4v) is 3.44. The van der Waals surface area contributed by atoms with Crippen LogP contribution in [0.2, 0.25) is 0 Å². The molecule has 1 aliphatic heterocycles. The van der Waals surface area contributed by atoms with E-state index in [0.29, 0.717) is 60.4 Å². The number of morpholine rings is 1. The number of hydrogen-bond acceptors (Lipinski definition) is 7. The first-order valence-electron chi connectivity index (χ1n) is 9.64. The Morgan fingerprint density at radius 3 is 2.60 bits per heavy atom. The molecule has 30 heavy (non-hydrogen) atoms. The molecule has 3 aromatic heterocycles. The van der Waals surface area contributed by atoms with Crippen LogP contribution in [0.3, 0.4) is 0 Å². The van der Waals surface area contributed by atoms with Crippen molar-refractivity contribution in [3.05, 3.63) is 60.4 Å². The molecule has 1 amide bonds. The van der Waals surface area contributed by atoms with E-state index in [4.69, 9.17) is 14.9 Å². The first-order chi connectivity index (χ1) is 14.7. The van der Waals surface area contributed by atoms with Crippen molar-refractivity contribution in [2.45, 2.75) is 0 Å². The fourth-order valence-electron chi connectivity index (χ4n) is 3.44. The van der Waals surface area contributed by atoms with Gasteiger partial charge in [0.1, 0.15) is 5.82 Å². The Hall–Kier alpha value is -3.78. The Kier molecular flexibility index (Phi) is 4.61. The first kappa shape index (κ1) is 18.3. The third-order valence-corrected chi connectivity index (χ3v) is 5.08.